The van der Waals surface area contributed by atoms with E-state index in [-0.39, 0.29) is 6.03 Å². The van der Waals surface area contributed by atoms with Crippen LogP contribution in [0.25, 0.3) is 6.08 Å². The lowest BCUT2D eigenvalue weighted by molar-refractivity contribution is 0.197. The summed E-state index contributed by atoms with van der Waals surface area (Å²) < 4.78 is 10.8. The molecule has 2 amide bonds. The van der Waals surface area contributed by atoms with E-state index in [0.717, 1.165) is 37.2 Å². The van der Waals surface area contributed by atoms with E-state index < -0.39 is 0 Å². The molecule has 1 unspecified atom stereocenters. The Morgan fingerprint density at radius 2 is 2.32 bits per heavy atom. The normalized spacial score (nSPS) is 18.3. The number of piperidine rings is 1. The predicted octanol–water partition coefficient (Wildman–Crippen LogP) is 5.12. The average molecular weight is 383 g/mol. The van der Waals surface area contributed by atoms with Crippen molar-refractivity contribution in [1.82, 2.24) is 10.1 Å². The zero-order chi connectivity index (χ0) is 19.9. The number of unbranched alkanes of at least 4 members (excludes halogenated alkanes) is 1. The zero-order valence-corrected chi connectivity index (χ0v) is 16.9. The molecular formula is C22H29N3O3. The third kappa shape index (κ3) is 5.15. The highest BCUT2D eigenvalue weighted by Gasteiger charge is 2.25. The maximum atomic E-state index is 12.5. The van der Waals surface area contributed by atoms with Gasteiger partial charge in [-0.05, 0) is 43.4 Å². The Morgan fingerprint density at radius 3 is 3.04 bits per heavy atom. The highest BCUT2D eigenvalue weighted by Crippen LogP contribution is 2.27. The number of carbonyl (C=O) groups is 1. The minimum atomic E-state index is -0.108. The van der Waals surface area contributed by atoms with Crippen molar-refractivity contribution in [3.05, 3.63) is 47.4 Å². The van der Waals surface area contributed by atoms with Gasteiger partial charge < -0.3 is 19.5 Å². The van der Waals surface area contributed by atoms with Gasteiger partial charge in [-0.2, -0.15) is 0 Å². The first kappa shape index (κ1) is 20.0. The van der Waals surface area contributed by atoms with Crippen molar-refractivity contribution in [1.29, 1.82) is 0 Å². The van der Waals surface area contributed by atoms with Gasteiger partial charge in [0.25, 0.3) is 0 Å². The topological polar surface area (TPSA) is 67.6 Å². The first-order chi connectivity index (χ1) is 13.6. The Labute approximate surface area is 166 Å². The van der Waals surface area contributed by atoms with Crippen LogP contribution in [0.3, 0.4) is 0 Å². The molecule has 150 valence electrons. The Balaban J connectivity index is 1.59. The van der Waals surface area contributed by atoms with Gasteiger partial charge in [0.05, 0.1) is 12.8 Å². The molecule has 2 heterocycles. The van der Waals surface area contributed by atoms with Crippen LogP contribution in [0, 0.1) is 12.8 Å². The summed E-state index contributed by atoms with van der Waals surface area (Å²) in [6.07, 6.45) is 6.81. The molecule has 3 rings (SSSR count). The van der Waals surface area contributed by atoms with E-state index in [9.17, 15) is 4.79 Å². The molecule has 28 heavy (non-hydrogen) atoms. The van der Waals surface area contributed by atoms with Gasteiger partial charge in [-0.1, -0.05) is 49.2 Å². The second kappa shape index (κ2) is 9.44. The summed E-state index contributed by atoms with van der Waals surface area (Å²) in [5.74, 6) is 1.82. The highest BCUT2D eigenvalue weighted by molar-refractivity contribution is 5.89. The number of rotatable bonds is 6. The van der Waals surface area contributed by atoms with Gasteiger partial charge in [0, 0.05) is 13.1 Å². The summed E-state index contributed by atoms with van der Waals surface area (Å²) in [5.41, 5.74) is 3.13. The first-order valence-electron chi connectivity index (χ1n) is 9.97. The number of urea groups is 1. The first-order valence-corrected chi connectivity index (χ1v) is 9.97. The molecule has 0 aliphatic carbocycles. The number of likely N-dealkylation sites (tertiary alicyclic amines) is 1. The summed E-state index contributed by atoms with van der Waals surface area (Å²) in [6, 6.07) is 8.11. The molecule has 1 N–H and O–H groups in total. The number of ether oxygens (including phenoxy) is 1. The molecule has 0 spiro atoms. The second-order valence-electron chi connectivity index (χ2n) is 7.32. The van der Waals surface area contributed by atoms with Crippen LogP contribution in [0.1, 0.15) is 44.4 Å². The van der Waals surface area contributed by atoms with Crippen molar-refractivity contribution in [2.45, 2.75) is 40.0 Å². The molecule has 1 aliphatic rings. The van der Waals surface area contributed by atoms with E-state index in [0.29, 0.717) is 30.5 Å². The van der Waals surface area contributed by atoms with Crippen molar-refractivity contribution in [3.63, 3.8) is 0 Å². The van der Waals surface area contributed by atoms with Crippen LogP contribution >= 0.6 is 0 Å². The maximum absolute atomic E-state index is 12.5. The van der Waals surface area contributed by atoms with Gasteiger partial charge in [-0.25, -0.2) is 4.79 Å². The second-order valence-corrected chi connectivity index (χ2v) is 7.32. The predicted molar refractivity (Wildman–Crippen MR) is 110 cm³/mol. The van der Waals surface area contributed by atoms with Crippen LogP contribution < -0.4 is 10.1 Å². The number of amides is 2. The molecule has 0 radical (unpaired) electrons. The van der Waals surface area contributed by atoms with Crippen molar-refractivity contribution in [3.8, 4) is 5.75 Å². The van der Waals surface area contributed by atoms with Gasteiger partial charge >= 0.3 is 6.03 Å². The van der Waals surface area contributed by atoms with Crippen molar-refractivity contribution >= 4 is 17.8 Å². The van der Waals surface area contributed by atoms with E-state index >= 15 is 0 Å². The van der Waals surface area contributed by atoms with Crippen LogP contribution in [0.2, 0.25) is 0 Å². The van der Waals surface area contributed by atoms with Crippen LogP contribution in [-0.2, 0) is 0 Å². The SMILES string of the molecule is CCCCOc1cccc(C=C2CCN(C(=O)Nc3cnoc3C)CC2C)c1. The molecule has 1 fully saturated rings. The fourth-order valence-electron chi connectivity index (χ4n) is 3.30. The molecule has 6 nitrogen and oxygen atoms in total. The van der Waals surface area contributed by atoms with Gasteiger partial charge in [0.2, 0.25) is 0 Å². The smallest absolute Gasteiger partial charge is 0.322 e. The third-order valence-electron chi connectivity index (χ3n) is 5.05. The lowest BCUT2D eigenvalue weighted by Gasteiger charge is -2.33. The van der Waals surface area contributed by atoms with Crippen LogP contribution in [0.4, 0.5) is 10.5 Å². The van der Waals surface area contributed by atoms with E-state index in [1.54, 1.807) is 6.92 Å². The minimum absolute atomic E-state index is 0.108. The Morgan fingerprint density at radius 1 is 1.46 bits per heavy atom. The van der Waals surface area contributed by atoms with E-state index in [1.807, 2.05) is 17.0 Å². The Kier molecular flexibility index (Phi) is 6.74. The molecule has 1 saturated heterocycles. The standard InChI is InChI=1S/C22H29N3O3/c1-4-5-11-27-20-8-6-7-18(13-20)12-19-9-10-25(15-16(19)2)22(26)24-21-14-23-28-17(21)3/h6-8,12-14,16H,4-5,9-11,15H2,1-3H3,(H,24,26). The van der Waals surface area contributed by atoms with Gasteiger partial charge in [0.15, 0.2) is 5.76 Å². The molecule has 1 aromatic carbocycles. The van der Waals surface area contributed by atoms with E-state index in [1.165, 1.54) is 11.8 Å². The van der Waals surface area contributed by atoms with E-state index in [4.69, 9.17) is 9.26 Å². The quantitative estimate of drug-likeness (QED) is 0.703. The van der Waals surface area contributed by atoms with Crippen LogP contribution in [0.15, 0.2) is 40.6 Å². The fourth-order valence-corrected chi connectivity index (χ4v) is 3.30. The lowest BCUT2D eigenvalue weighted by atomic mass is 9.91. The number of anilines is 1. The number of hydrogen-bond acceptors (Lipinski definition) is 4. The van der Waals surface area contributed by atoms with Gasteiger partial charge in [-0.3, -0.25) is 0 Å². The summed E-state index contributed by atoms with van der Waals surface area (Å²) in [5, 5.41) is 6.57. The number of nitrogens with zero attached hydrogens (tertiary/aromatic N) is 2. The zero-order valence-electron chi connectivity index (χ0n) is 16.9. The van der Waals surface area contributed by atoms with E-state index in [2.05, 4.69) is 42.5 Å². The Hall–Kier alpha value is -2.76. The van der Waals surface area contributed by atoms with Crippen LogP contribution in [0.5, 0.6) is 5.75 Å². The van der Waals surface area contributed by atoms with Crippen LogP contribution in [-0.4, -0.2) is 35.8 Å². The molecule has 6 heteroatoms. The third-order valence-corrected chi connectivity index (χ3v) is 5.05. The summed E-state index contributed by atoms with van der Waals surface area (Å²) >= 11 is 0. The number of carbonyl (C=O) groups excluding carboxylic acids is 1. The minimum Gasteiger partial charge on any atom is -0.494 e. The molecule has 0 saturated carbocycles. The summed E-state index contributed by atoms with van der Waals surface area (Å²) in [4.78, 5) is 14.4. The summed E-state index contributed by atoms with van der Waals surface area (Å²) in [6.45, 7) is 8.24. The number of hydrogen-bond donors (Lipinski definition) is 1. The van der Waals surface area contributed by atoms with Gasteiger partial charge in [-0.15, -0.1) is 0 Å². The number of benzene rings is 1. The molecule has 2 aromatic rings. The summed E-state index contributed by atoms with van der Waals surface area (Å²) in [7, 11) is 0. The Bertz CT molecular complexity index is 828. The molecule has 1 atom stereocenters. The number of aryl methyl sites for hydroxylation is 1. The van der Waals surface area contributed by atoms with Crippen molar-refractivity contribution < 1.29 is 14.1 Å². The molecule has 1 aliphatic heterocycles. The van der Waals surface area contributed by atoms with Gasteiger partial charge in [0.1, 0.15) is 11.4 Å². The van der Waals surface area contributed by atoms with Crippen molar-refractivity contribution in [2.75, 3.05) is 25.0 Å². The monoisotopic (exact) mass is 383 g/mol. The molecular weight excluding hydrogens is 354 g/mol. The highest BCUT2D eigenvalue weighted by atomic mass is 16.5. The van der Waals surface area contributed by atoms with Crippen molar-refractivity contribution in [2.24, 2.45) is 5.92 Å². The fraction of sp³-hybridized carbons (Fsp3) is 0.455. The molecule has 0 bridgehead atoms. The largest absolute Gasteiger partial charge is 0.494 e. The number of aromatic nitrogens is 1. The maximum Gasteiger partial charge on any atom is 0.322 e. The molecule has 1 aromatic heterocycles. The number of nitrogens with one attached hydrogen (secondary N) is 1. The lowest BCUT2D eigenvalue weighted by Crippen LogP contribution is -2.42. The average Bonchev–Trinajstić information content (AvgIpc) is 3.08.